The first-order chi connectivity index (χ1) is 13.0. The lowest BCUT2D eigenvalue weighted by Crippen LogP contribution is -2.41. The van der Waals surface area contributed by atoms with E-state index in [0.717, 1.165) is 5.56 Å². The van der Waals surface area contributed by atoms with Crippen LogP contribution in [-0.4, -0.2) is 29.8 Å². The van der Waals surface area contributed by atoms with Gasteiger partial charge in [0.05, 0.1) is 5.56 Å². The predicted octanol–water partition coefficient (Wildman–Crippen LogP) is 3.91. The number of primary amides is 1. The largest absolute Gasteiger partial charge is 0.488 e. The highest BCUT2D eigenvalue weighted by Gasteiger charge is 2.27. The molecule has 2 N–H and O–H groups in total. The molecule has 0 atom stereocenters. The van der Waals surface area contributed by atoms with Crippen LogP contribution in [0, 0.1) is 5.92 Å². The maximum absolute atomic E-state index is 12.9. The van der Waals surface area contributed by atoms with Crippen LogP contribution < -0.4 is 10.5 Å². The van der Waals surface area contributed by atoms with Crippen molar-refractivity contribution in [2.45, 2.75) is 19.4 Å². The average Bonchev–Trinajstić information content (AvgIpc) is 2.67. The second-order valence-electron chi connectivity index (χ2n) is 6.49. The molecule has 0 saturated carbocycles. The number of hydrogen-bond donors (Lipinski definition) is 1. The van der Waals surface area contributed by atoms with Crippen molar-refractivity contribution in [2.75, 3.05) is 13.1 Å². The first kappa shape index (κ1) is 19.5. The lowest BCUT2D eigenvalue weighted by molar-refractivity contribution is -0.123. The molecule has 0 unspecified atom stereocenters. The Morgan fingerprint density at radius 2 is 1.81 bits per heavy atom. The number of hydrogen-bond acceptors (Lipinski definition) is 3. The zero-order valence-electron chi connectivity index (χ0n) is 14.7. The Labute approximate surface area is 168 Å². The standard InChI is InChI=1S/C20H20Cl2N2O3/c21-15-6-5-14(17(22)11-15)12-27-18-4-2-1-3-16(18)20(26)24-9-7-13(8-10-24)19(23)25/h1-6,11,13H,7-10,12H2,(H2,23,25). The third-order valence-corrected chi connectivity index (χ3v) is 5.29. The molecule has 1 saturated heterocycles. The number of likely N-dealkylation sites (tertiary alicyclic amines) is 1. The van der Waals surface area contributed by atoms with E-state index in [9.17, 15) is 9.59 Å². The summed E-state index contributed by atoms with van der Waals surface area (Å²) in [5.74, 6) is -0.0838. The van der Waals surface area contributed by atoms with Crippen LogP contribution in [0.15, 0.2) is 42.5 Å². The van der Waals surface area contributed by atoms with Gasteiger partial charge >= 0.3 is 0 Å². The fourth-order valence-corrected chi connectivity index (χ4v) is 3.56. The van der Waals surface area contributed by atoms with Gasteiger partial charge in [-0.3, -0.25) is 9.59 Å². The van der Waals surface area contributed by atoms with Crippen molar-refractivity contribution in [1.29, 1.82) is 0 Å². The second kappa shape index (κ2) is 8.63. The van der Waals surface area contributed by atoms with Crippen LogP contribution in [0.25, 0.3) is 0 Å². The number of rotatable bonds is 5. The molecular weight excluding hydrogens is 387 g/mol. The Hall–Kier alpha value is -2.24. The summed E-state index contributed by atoms with van der Waals surface area (Å²) >= 11 is 12.1. The SMILES string of the molecule is NC(=O)C1CCN(C(=O)c2ccccc2OCc2ccc(Cl)cc2Cl)CC1. The molecule has 0 aliphatic carbocycles. The third kappa shape index (κ3) is 4.73. The predicted molar refractivity (Wildman–Crippen MR) is 105 cm³/mol. The van der Waals surface area contributed by atoms with Crippen molar-refractivity contribution >= 4 is 35.0 Å². The third-order valence-electron chi connectivity index (χ3n) is 4.70. The van der Waals surface area contributed by atoms with Crippen molar-refractivity contribution in [3.05, 3.63) is 63.6 Å². The fourth-order valence-electron chi connectivity index (χ4n) is 3.10. The highest BCUT2D eigenvalue weighted by molar-refractivity contribution is 6.35. The van der Waals surface area contributed by atoms with Gasteiger partial charge in [0.15, 0.2) is 0 Å². The van der Waals surface area contributed by atoms with Crippen LogP contribution in [0.5, 0.6) is 5.75 Å². The molecule has 0 radical (unpaired) electrons. The lowest BCUT2D eigenvalue weighted by atomic mass is 9.96. The number of nitrogens with two attached hydrogens (primary N) is 1. The van der Waals surface area contributed by atoms with Gasteiger partial charge in [-0.15, -0.1) is 0 Å². The molecule has 1 fully saturated rings. The summed E-state index contributed by atoms with van der Waals surface area (Å²) in [5, 5.41) is 1.07. The first-order valence-electron chi connectivity index (χ1n) is 8.70. The van der Waals surface area contributed by atoms with Crippen LogP contribution in [0.3, 0.4) is 0 Å². The Morgan fingerprint density at radius 1 is 1.11 bits per heavy atom. The number of nitrogens with zero attached hydrogens (tertiary/aromatic N) is 1. The van der Waals surface area contributed by atoms with Crippen LogP contribution in [0.1, 0.15) is 28.8 Å². The summed E-state index contributed by atoms with van der Waals surface area (Å²) in [5.41, 5.74) is 6.63. The Balaban J connectivity index is 1.70. The molecule has 142 valence electrons. The monoisotopic (exact) mass is 406 g/mol. The lowest BCUT2D eigenvalue weighted by Gasteiger charge is -2.31. The average molecular weight is 407 g/mol. The molecule has 0 spiro atoms. The maximum atomic E-state index is 12.9. The minimum atomic E-state index is -0.300. The molecule has 2 amide bonds. The van der Waals surface area contributed by atoms with Gasteiger partial charge in [-0.05, 0) is 37.1 Å². The summed E-state index contributed by atoms with van der Waals surface area (Å²) in [4.78, 5) is 25.9. The normalized spacial score (nSPS) is 14.8. The van der Waals surface area contributed by atoms with E-state index < -0.39 is 0 Å². The number of ether oxygens (including phenoxy) is 1. The minimum absolute atomic E-state index is 0.115. The zero-order valence-corrected chi connectivity index (χ0v) is 16.2. The number of amides is 2. The smallest absolute Gasteiger partial charge is 0.257 e. The van der Waals surface area contributed by atoms with Crippen LogP contribution >= 0.6 is 23.2 Å². The number of carbonyl (C=O) groups is 2. The highest BCUT2D eigenvalue weighted by Crippen LogP contribution is 2.26. The molecule has 1 heterocycles. The molecule has 1 aliphatic rings. The van der Waals surface area contributed by atoms with E-state index in [4.69, 9.17) is 33.7 Å². The topological polar surface area (TPSA) is 72.6 Å². The molecule has 0 aromatic heterocycles. The number of halogens is 2. The first-order valence-corrected chi connectivity index (χ1v) is 9.45. The maximum Gasteiger partial charge on any atom is 0.257 e. The van der Waals surface area contributed by atoms with Gasteiger partial charge in [0, 0.05) is 34.6 Å². The van der Waals surface area contributed by atoms with E-state index in [1.54, 1.807) is 41.3 Å². The van der Waals surface area contributed by atoms with Crippen molar-refractivity contribution in [2.24, 2.45) is 11.7 Å². The zero-order chi connectivity index (χ0) is 19.4. The van der Waals surface area contributed by atoms with Crippen molar-refractivity contribution < 1.29 is 14.3 Å². The van der Waals surface area contributed by atoms with Crippen molar-refractivity contribution in [3.8, 4) is 5.75 Å². The van der Waals surface area contributed by atoms with E-state index in [2.05, 4.69) is 0 Å². The fraction of sp³-hybridized carbons (Fsp3) is 0.300. The number of carbonyl (C=O) groups excluding carboxylic acids is 2. The second-order valence-corrected chi connectivity index (χ2v) is 7.33. The molecule has 27 heavy (non-hydrogen) atoms. The van der Waals surface area contributed by atoms with Gasteiger partial charge in [-0.2, -0.15) is 0 Å². The Bertz CT molecular complexity index is 849. The number of para-hydroxylation sites is 1. The van der Waals surface area contributed by atoms with Gasteiger partial charge < -0.3 is 15.4 Å². The summed E-state index contributed by atoms with van der Waals surface area (Å²) in [7, 11) is 0. The quantitative estimate of drug-likeness (QED) is 0.817. The van der Waals surface area contributed by atoms with Gasteiger partial charge in [0.25, 0.3) is 5.91 Å². The van der Waals surface area contributed by atoms with Gasteiger partial charge in [-0.1, -0.05) is 41.4 Å². The van der Waals surface area contributed by atoms with E-state index >= 15 is 0 Å². The molecular formula is C20H20Cl2N2O3. The van der Waals surface area contributed by atoms with E-state index in [1.165, 1.54) is 0 Å². The van der Waals surface area contributed by atoms with Crippen molar-refractivity contribution in [3.63, 3.8) is 0 Å². The summed E-state index contributed by atoms with van der Waals surface area (Å²) in [6, 6.07) is 12.3. The molecule has 7 heteroatoms. The van der Waals surface area contributed by atoms with Crippen molar-refractivity contribution in [1.82, 2.24) is 4.90 Å². The molecule has 1 aliphatic heterocycles. The molecule has 2 aromatic rings. The molecule has 3 rings (SSSR count). The summed E-state index contributed by atoms with van der Waals surface area (Å²) < 4.78 is 5.87. The molecule has 0 bridgehead atoms. The van der Waals surface area contributed by atoms with Gasteiger partial charge in [-0.25, -0.2) is 0 Å². The summed E-state index contributed by atoms with van der Waals surface area (Å²) in [6.07, 6.45) is 1.18. The number of benzene rings is 2. The van der Waals surface area contributed by atoms with Crippen LogP contribution in [-0.2, 0) is 11.4 Å². The highest BCUT2D eigenvalue weighted by atomic mass is 35.5. The van der Waals surface area contributed by atoms with E-state index in [0.29, 0.717) is 47.3 Å². The summed E-state index contributed by atoms with van der Waals surface area (Å²) in [6.45, 7) is 1.23. The van der Waals surface area contributed by atoms with Gasteiger partial charge in [0.2, 0.25) is 5.91 Å². The molecule has 2 aromatic carbocycles. The minimum Gasteiger partial charge on any atom is -0.488 e. The van der Waals surface area contributed by atoms with Gasteiger partial charge in [0.1, 0.15) is 12.4 Å². The Kier molecular flexibility index (Phi) is 6.24. The van der Waals surface area contributed by atoms with E-state index in [-0.39, 0.29) is 24.3 Å². The molecule has 5 nitrogen and oxygen atoms in total. The Morgan fingerprint density at radius 3 is 2.48 bits per heavy atom. The van der Waals surface area contributed by atoms with Crippen LogP contribution in [0.2, 0.25) is 10.0 Å². The number of piperidine rings is 1. The van der Waals surface area contributed by atoms with Crippen LogP contribution in [0.4, 0.5) is 0 Å². The van der Waals surface area contributed by atoms with E-state index in [1.807, 2.05) is 6.07 Å².